The molecule has 0 bridgehead atoms. The van der Waals surface area contributed by atoms with E-state index in [1.165, 1.54) is 0 Å². The van der Waals surface area contributed by atoms with Crippen LogP contribution in [0.25, 0.3) is 0 Å². The average Bonchev–Trinajstić information content (AvgIpc) is 2.21. The molecule has 8 heteroatoms. The zero-order valence-corrected chi connectivity index (χ0v) is 10.9. The van der Waals surface area contributed by atoms with Gasteiger partial charge in [0.1, 0.15) is 13.6 Å². The zero-order valence-electron chi connectivity index (χ0n) is 10.9. The number of hydrogen-bond acceptors (Lipinski definition) is 1. The number of hydrogen-bond donors (Lipinski definition) is 0. The fraction of sp³-hybridized carbons (Fsp3) is 0.571. The summed E-state index contributed by atoms with van der Waals surface area (Å²) in [5.74, 6) is 0.507. The van der Waals surface area contributed by atoms with E-state index in [9.17, 15) is 4.79 Å². The van der Waals surface area contributed by atoms with Crippen LogP contribution in [0.1, 0.15) is 0 Å². The van der Waals surface area contributed by atoms with E-state index in [0.29, 0.717) is 10.9 Å². The fourth-order valence-electron chi connectivity index (χ4n) is 2.88. The lowest BCUT2D eigenvalue weighted by Crippen LogP contribution is -2.37. The first kappa shape index (κ1) is 12.9. The summed E-state index contributed by atoms with van der Waals surface area (Å²) in [5, 5.41) is 0.863. The molecular formula is C7H17B7O. The second-order valence-corrected chi connectivity index (χ2v) is 6.56. The summed E-state index contributed by atoms with van der Waals surface area (Å²) in [4.78, 5) is 10.4. The molecule has 1 fully saturated rings. The van der Waals surface area contributed by atoms with Gasteiger partial charge < -0.3 is 0 Å². The van der Waals surface area contributed by atoms with E-state index in [1.807, 2.05) is 0 Å². The molecule has 0 aromatic carbocycles. The summed E-state index contributed by atoms with van der Waals surface area (Å²) in [6, 6.07) is 0. The van der Waals surface area contributed by atoms with Crippen molar-refractivity contribution in [3.63, 3.8) is 0 Å². The van der Waals surface area contributed by atoms with Crippen molar-refractivity contribution in [2.24, 2.45) is 0 Å². The van der Waals surface area contributed by atoms with Crippen LogP contribution in [-0.4, -0.2) is 60.6 Å². The normalized spacial score (nSPS) is 31.1. The van der Waals surface area contributed by atoms with E-state index in [2.05, 4.69) is 53.2 Å². The Kier molecular flexibility index (Phi) is 3.20. The number of carbonyl (C=O) groups is 1. The molecule has 1 rings (SSSR count). The van der Waals surface area contributed by atoms with Gasteiger partial charge in [0.15, 0.2) is 0 Å². The SMILES string of the molecule is BC1(B)BC(/C=C/C=O)C(B)(B)C1(B)B. The first-order valence-electron chi connectivity index (χ1n) is 5.79. The van der Waals surface area contributed by atoms with E-state index in [4.69, 9.17) is 0 Å². The molecule has 1 aliphatic heterocycles. The lowest BCUT2D eigenvalue weighted by atomic mass is 9.18. The lowest BCUT2D eigenvalue weighted by Gasteiger charge is -2.47. The second-order valence-electron chi connectivity index (χ2n) is 6.56. The molecule has 0 amide bonds. The standard InChI is InChI=1S/C7H17B7O/c8-5(9)4(2-1-3-15)14-7(12,13)6(5,10)11/h1-4,14H,8-13H2/b2-1+. The van der Waals surface area contributed by atoms with Crippen LogP contribution in [0.3, 0.4) is 0 Å². The Morgan fingerprint density at radius 3 is 1.93 bits per heavy atom. The molecule has 1 unspecified atom stereocenters. The highest BCUT2D eigenvalue weighted by Gasteiger charge is 2.56. The van der Waals surface area contributed by atoms with Gasteiger partial charge in [-0.2, -0.15) is 0 Å². The van der Waals surface area contributed by atoms with Crippen molar-refractivity contribution in [2.75, 3.05) is 0 Å². The Bertz CT molecular complexity index is 296. The van der Waals surface area contributed by atoms with Gasteiger partial charge >= 0.3 is 0 Å². The van der Waals surface area contributed by atoms with Crippen LogP contribution in [0.15, 0.2) is 12.2 Å². The molecule has 1 nitrogen and oxygen atoms in total. The van der Waals surface area contributed by atoms with Crippen molar-refractivity contribution in [3.8, 4) is 0 Å². The molecule has 1 atom stereocenters. The fourth-order valence-corrected chi connectivity index (χ4v) is 2.88. The van der Waals surface area contributed by atoms with E-state index in [1.54, 1.807) is 6.08 Å². The Morgan fingerprint density at radius 2 is 1.60 bits per heavy atom. The van der Waals surface area contributed by atoms with Crippen molar-refractivity contribution >= 4 is 60.6 Å². The Hall–Kier alpha value is -0.135. The second kappa shape index (κ2) is 3.71. The van der Waals surface area contributed by atoms with Crippen LogP contribution >= 0.6 is 0 Å². The topological polar surface area (TPSA) is 17.1 Å². The minimum atomic E-state index is 0.246. The number of carbonyl (C=O) groups excluding carboxylic acids is 1. The monoisotopic (exact) mass is 194 g/mol. The number of rotatable bonds is 2. The van der Waals surface area contributed by atoms with Crippen LogP contribution < -0.4 is 0 Å². The van der Waals surface area contributed by atoms with Gasteiger partial charge in [-0.15, -0.1) is 10.3 Å². The van der Waals surface area contributed by atoms with E-state index in [0.717, 1.165) is 13.6 Å². The van der Waals surface area contributed by atoms with Gasteiger partial charge in [0.2, 0.25) is 0 Å². The lowest BCUT2D eigenvalue weighted by molar-refractivity contribution is -0.104. The number of aldehydes is 1. The Morgan fingerprint density at radius 1 is 1.07 bits per heavy atom. The minimum Gasteiger partial charge on any atom is -0.299 e. The predicted molar refractivity (Wildman–Crippen MR) is 85.4 cm³/mol. The Labute approximate surface area is 99.3 Å². The molecule has 1 aliphatic rings. The van der Waals surface area contributed by atoms with Crippen LogP contribution in [0.4, 0.5) is 0 Å². The van der Waals surface area contributed by atoms with Gasteiger partial charge in [-0.3, -0.25) is 4.79 Å². The van der Waals surface area contributed by atoms with E-state index >= 15 is 0 Å². The summed E-state index contributed by atoms with van der Waals surface area (Å²) in [6.45, 7) is 0. The van der Waals surface area contributed by atoms with E-state index in [-0.39, 0.29) is 10.4 Å². The van der Waals surface area contributed by atoms with Gasteiger partial charge in [0, 0.05) is 0 Å². The van der Waals surface area contributed by atoms with Crippen molar-refractivity contribution in [1.29, 1.82) is 0 Å². The molecule has 0 aromatic heterocycles. The van der Waals surface area contributed by atoms with Crippen molar-refractivity contribution in [2.45, 2.75) is 21.4 Å². The van der Waals surface area contributed by atoms with Gasteiger partial charge in [-0.1, -0.05) is 17.1 Å². The smallest absolute Gasteiger partial charge is 0.142 e. The summed E-state index contributed by atoms with van der Waals surface area (Å²) in [7, 11) is 15.2. The highest BCUT2D eigenvalue weighted by Crippen LogP contribution is 2.68. The summed E-state index contributed by atoms with van der Waals surface area (Å²) >= 11 is 0. The van der Waals surface area contributed by atoms with Crippen molar-refractivity contribution < 1.29 is 4.79 Å². The van der Waals surface area contributed by atoms with Crippen LogP contribution in [0.2, 0.25) is 21.4 Å². The molecule has 0 aromatic rings. The molecule has 0 aliphatic carbocycles. The number of allylic oxidation sites excluding steroid dienone is 2. The first-order valence-corrected chi connectivity index (χ1v) is 5.79. The van der Waals surface area contributed by atoms with Crippen molar-refractivity contribution in [1.82, 2.24) is 0 Å². The van der Waals surface area contributed by atoms with Crippen molar-refractivity contribution in [3.05, 3.63) is 12.2 Å². The van der Waals surface area contributed by atoms with Crippen LogP contribution in [0, 0.1) is 0 Å². The highest BCUT2D eigenvalue weighted by atomic mass is 16.1. The van der Waals surface area contributed by atoms with Gasteiger partial charge in [-0.05, 0) is 6.08 Å². The van der Waals surface area contributed by atoms with Crippen LogP contribution in [0.5, 0.6) is 0 Å². The molecule has 72 valence electrons. The largest absolute Gasteiger partial charge is 0.299 e. The van der Waals surface area contributed by atoms with E-state index < -0.39 is 0 Å². The summed E-state index contributed by atoms with van der Waals surface area (Å²) in [5.41, 5.74) is 0. The maximum absolute atomic E-state index is 10.4. The summed E-state index contributed by atoms with van der Waals surface area (Å²) < 4.78 is 0. The van der Waals surface area contributed by atoms with Gasteiger partial charge in [-0.25, -0.2) is 0 Å². The third-order valence-corrected chi connectivity index (χ3v) is 5.38. The summed E-state index contributed by atoms with van der Waals surface area (Å²) in [6.07, 6.45) is 4.63. The third kappa shape index (κ3) is 1.81. The molecule has 1 heterocycles. The molecule has 15 heavy (non-hydrogen) atoms. The third-order valence-electron chi connectivity index (χ3n) is 5.38. The molecule has 0 saturated carbocycles. The predicted octanol–water partition coefficient (Wildman–Crippen LogP) is -4.92. The Balaban J connectivity index is 3.07. The average molecular weight is 193 g/mol. The molecule has 0 spiro atoms. The zero-order chi connectivity index (χ0) is 11.9. The van der Waals surface area contributed by atoms with Gasteiger partial charge in [0.05, 0.1) is 47.1 Å². The maximum atomic E-state index is 10.4. The molecule has 0 N–H and O–H groups in total. The van der Waals surface area contributed by atoms with Gasteiger partial charge in [0.25, 0.3) is 0 Å². The quantitative estimate of drug-likeness (QED) is 0.244. The van der Waals surface area contributed by atoms with Crippen LogP contribution in [-0.2, 0) is 4.79 Å². The minimum absolute atomic E-state index is 0.246. The highest BCUT2D eigenvalue weighted by molar-refractivity contribution is 6.81. The molecule has 0 radical (unpaired) electrons. The molecule has 1 saturated heterocycles. The first-order chi connectivity index (χ1) is 6.67. The maximum Gasteiger partial charge on any atom is 0.142 e. The molecular weight excluding hydrogens is 176 g/mol.